The van der Waals surface area contributed by atoms with Crippen LogP contribution in [0, 0.1) is 10.5 Å². The highest BCUT2D eigenvalue weighted by molar-refractivity contribution is 14.1. The van der Waals surface area contributed by atoms with Crippen LogP contribution in [-0.4, -0.2) is 34.4 Å². The van der Waals surface area contributed by atoms with E-state index in [1.165, 1.54) is 6.92 Å². The summed E-state index contributed by atoms with van der Waals surface area (Å²) in [6, 6.07) is 3.32. The molecule has 0 spiro atoms. The zero-order valence-corrected chi connectivity index (χ0v) is 12.6. The number of anilines is 1. The third kappa shape index (κ3) is 4.67. The van der Waals surface area contributed by atoms with Crippen LogP contribution >= 0.6 is 22.6 Å². The first-order valence-corrected chi connectivity index (χ1v) is 6.63. The SMILES string of the molecule is Cc1ccc(NC(=O)NC(C(=O)O)C(C)O)cc1I. The highest BCUT2D eigenvalue weighted by Crippen LogP contribution is 2.16. The van der Waals surface area contributed by atoms with E-state index in [4.69, 9.17) is 5.11 Å². The molecule has 2 unspecified atom stereocenters. The number of amides is 2. The summed E-state index contributed by atoms with van der Waals surface area (Å²) in [7, 11) is 0. The van der Waals surface area contributed by atoms with Gasteiger partial charge in [0.25, 0.3) is 0 Å². The van der Waals surface area contributed by atoms with Gasteiger partial charge in [-0.1, -0.05) is 6.07 Å². The summed E-state index contributed by atoms with van der Waals surface area (Å²) in [6.07, 6.45) is -1.18. The molecule has 0 saturated carbocycles. The molecule has 2 amide bonds. The predicted octanol–water partition coefficient (Wildman–Crippen LogP) is 1.56. The fourth-order valence-corrected chi connectivity index (χ4v) is 1.88. The Kier molecular flexibility index (Phi) is 5.55. The largest absolute Gasteiger partial charge is 0.480 e. The monoisotopic (exact) mass is 378 g/mol. The Hall–Kier alpha value is -1.35. The number of urea groups is 1. The van der Waals surface area contributed by atoms with Crippen molar-refractivity contribution in [2.24, 2.45) is 0 Å². The van der Waals surface area contributed by atoms with Crippen LogP contribution in [0.2, 0.25) is 0 Å². The van der Waals surface area contributed by atoms with E-state index in [1.807, 2.05) is 13.0 Å². The van der Waals surface area contributed by atoms with E-state index < -0.39 is 24.1 Å². The molecule has 2 atom stereocenters. The van der Waals surface area contributed by atoms with Crippen molar-refractivity contribution in [3.63, 3.8) is 0 Å². The molecule has 0 fully saturated rings. The minimum absolute atomic E-state index is 0.558. The molecule has 0 heterocycles. The number of hydrogen-bond donors (Lipinski definition) is 4. The average Bonchev–Trinajstić information content (AvgIpc) is 2.30. The quantitative estimate of drug-likeness (QED) is 0.598. The van der Waals surface area contributed by atoms with Gasteiger partial charge in [-0.2, -0.15) is 0 Å². The number of halogens is 1. The molecule has 0 saturated heterocycles. The number of aliphatic hydroxyl groups is 1. The number of aliphatic carboxylic acids is 1. The summed E-state index contributed by atoms with van der Waals surface area (Å²) in [4.78, 5) is 22.5. The molecule has 104 valence electrons. The number of nitrogens with one attached hydrogen (secondary N) is 2. The third-order valence-corrected chi connectivity index (χ3v) is 3.63. The van der Waals surface area contributed by atoms with Crippen molar-refractivity contribution >= 4 is 40.3 Å². The lowest BCUT2D eigenvalue weighted by atomic mass is 10.2. The predicted molar refractivity (Wildman–Crippen MR) is 79.2 cm³/mol. The van der Waals surface area contributed by atoms with Crippen LogP contribution < -0.4 is 10.6 Å². The molecule has 1 aromatic rings. The second-order valence-electron chi connectivity index (χ2n) is 4.12. The van der Waals surface area contributed by atoms with Gasteiger partial charge in [-0.3, -0.25) is 0 Å². The van der Waals surface area contributed by atoms with Gasteiger partial charge in [-0.05, 0) is 54.1 Å². The Morgan fingerprint density at radius 2 is 2.00 bits per heavy atom. The molecular weight excluding hydrogens is 363 g/mol. The average molecular weight is 378 g/mol. The van der Waals surface area contributed by atoms with E-state index in [0.717, 1.165) is 9.13 Å². The van der Waals surface area contributed by atoms with E-state index in [-0.39, 0.29) is 0 Å². The second-order valence-corrected chi connectivity index (χ2v) is 5.28. The van der Waals surface area contributed by atoms with Crippen LogP contribution in [0.1, 0.15) is 12.5 Å². The maximum atomic E-state index is 11.6. The van der Waals surface area contributed by atoms with Crippen LogP contribution in [0.4, 0.5) is 10.5 Å². The first-order chi connectivity index (χ1) is 8.81. The van der Waals surface area contributed by atoms with Gasteiger partial charge in [-0.15, -0.1) is 0 Å². The van der Waals surface area contributed by atoms with Crippen molar-refractivity contribution in [1.29, 1.82) is 0 Å². The molecule has 0 aliphatic carbocycles. The number of carbonyl (C=O) groups is 2. The molecule has 0 aliphatic heterocycles. The maximum absolute atomic E-state index is 11.6. The van der Waals surface area contributed by atoms with Crippen LogP contribution in [0.5, 0.6) is 0 Å². The van der Waals surface area contributed by atoms with Crippen molar-refractivity contribution in [1.82, 2.24) is 5.32 Å². The minimum atomic E-state index is -1.34. The third-order valence-electron chi connectivity index (χ3n) is 2.46. The standard InChI is InChI=1S/C12H15IN2O4/c1-6-3-4-8(5-9(6)13)14-12(19)15-10(7(2)16)11(17)18/h3-5,7,10,16H,1-2H3,(H,17,18)(H2,14,15,19). The molecule has 1 rings (SSSR count). The van der Waals surface area contributed by atoms with Crippen molar-refractivity contribution in [3.8, 4) is 0 Å². The molecule has 4 N–H and O–H groups in total. The molecule has 19 heavy (non-hydrogen) atoms. The topological polar surface area (TPSA) is 98.7 Å². The number of carboxylic acids is 1. The summed E-state index contributed by atoms with van der Waals surface area (Å²) in [5.41, 5.74) is 1.64. The summed E-state index contributed by atoms with van der Waals surface area (Å²) < 4.78 is 0.987. The molecule has 0 aliphatic rings. The van der Waals surface area contributed by atoms with Gasteiger partial charge in [0.2, 0.25) is 0 Å². The van der Waals surface area contributed by atoms with E-state index in [1.54, 1.807) is 12.1 Å². The highest BCUT2D eigenvalue weighted by atomic mass is 127. The summed E-state index contributed by atoms with van der Waals surface area (Å²) in [5, 5.41) is 22.8. The molecule has 7 heteroatoms. The maximum Gasteiger partial charge on any atom is 0.328 e. The lowest BCUT2D eigenvalue weighted by molar-refractivity contribution is -0.141. The van der Waals surface area contributed by atoms with Crippen molar-refractivity contribution in [2.45, 2.75) is 26.0 Å². The van der Waals surface area contributed by atoms with Crippen molar-refractivity contribution < 1.29 is 19.8 Å². The number of aryl methyl sites for hydroxylation is 1. The zero-order chi connectivity index (χ0) is 14.6. The number of rotatable bonds is 4. The summed E-state index contributed by atoms with van der Waals surface area (Å²) in [5.74, 6) is -1.29. The molecule has 0 bridgehead atoms. The Balaban J connectivity index is 2.69. The highest BCUT2D eigenvalue weighted by Gasteiger charge is 2.24. The normalized spacial score (nSPS) is 13.5. The number of carbonyl (C=O) groups excluding carboxylic acids is 1. The fourth-order valence-electron chi connectivity index (χ4n) is 1.37. The van der Waals surface area contributed by atoms with Crippen LogP contribution in [0.25, 0.3) is 0 Å². The van der Waals surface area contributed by atoms with E-state index in [0.29, 0.717) is 5.69 Å². The van der Waals surface area contributed by atoms with Gasteiger partial charge in [0.05, 0.1) is 6.10 Å². The minimum Gasteiger partial charge on any atom is -0.480 e. The number of aliphatic hydroxyl groups excluding tert-OH is 1. The molecule has 0 aromatic heterocycles. The molecular formula is C12H15IN2O4. The van der Waals surface area contributed by atoms with E-state index in [9.17, 15) is 14.7 Å². The van der Waals surface area contributed by atoms with Crippen LogP contribution in [-0.2, 0) is 4.79 Å². The van der Waals surface area contributed by atoms with Gasteiger partial charge in [-0.25, -0.2) is 9.59 Å². The number of hydrogen-bond acceptors (Lipinski definition) is 3. The van der Waals surface area contributed by atoms with Crippen LogP contribution in [0.3, 0.4) is 0 Å². The first kappa shape index (κ1) is 15.7. The smallest absolute Gasteiger partial charge is 0.328 e. The van der Waals surface area contributed by atoms with Crippen molar-refractivity contribution in [3.05, 3.63) is 27.3 Å². The van der Waals surface area contributed by atoms with Crippen LogP contribution in [0.15, 0.2) is 18.2 Å². The summed E-state index contributed by atoms with van der Waals surface area (Å²) in [6.45, 7) is 3.24. The lowest BCUT2D eigenvalue weighted by Gasteiger charge is -2.17. The van der Waals surface area contributed by atoms with Gasteiger partial charge < -0.3 is 20.8 Å². The number of carboxylic acid groups (broad SMARTS) is 1. The van der Waals surface area contributed by atoms with Gasteiger partial charge >= 0.3 is 12.0 Å². The fraction of sp³-hybridized carbons (Fsp3) is 0.333. The second kappa shape index (κ2) is 6.71. The Bertz CT molecular complexity index is 491. The summed E-state index contributed by atoms with van der Waals surface area (Å²) >= 11 is 2.14. The Morgan fingerprint density at radius 1 is 1.37 bits per heavy atom. The number of benzene rings is 1. The van der Waals surface area contributed by atoms with Crippen molar-refractivity contribution in [2.75, 3.05) is 5.32 Å². The van der Waals surface area contributed by atoms with Gasteiger partial charge in [0, 0.05) is 9.26 Å². The van der Waals surface area contributed by atoms with Gasteiger partial charge in [0.1, 0.15) is 0 Å². The molecule has 1 aromatic carbocycles. The first-order valence-electron chi connectivity index (χ1n) is 5.56. The van der Waals surface area contributed by atoms with E-state index >= 15 is 0 Å². The zero-order valence-electron chi connectivity index (χ0n) is 10.5. The Labute approximate surface area is 124 Å². The molecule has 0 radical (unpaired) electrons. The molecule has 6 nitrogen and oxygen atoms in total. The van der Waals surface area contributed by atoms with Gasteiger partial charge in [0.15, 0.2) is 6.04 Å². The Morgan fingerprint density at radius 3 is 2.47 bits per heavy atom. The lowest BCUT2D eigenvalue weighted by Crippen LogP contribution is -2.49. The van der Waals surface area contributed by atoms with E-state index in [2.05, 4.69) is 33.2 Å².